The van der Waals surface area contributed by atoms with E-state index in [4.69, 9.17) is 15.2 Å². The van der Waals surface area contributed by atoms with E-state index in [1.54, 1.807) is 55.6 Å². The van der Waals surface area contributed by atoms with Crippen molar-refractivity contribution in [3.05, 3.63) is 54.1 Å². The zero-order chi connectivity index (χ0) is 21.3. The molecule has 29 heavy (non-hydrogen) atoms. The van der Waals surface area contributed by atoms with Crippen molar-refractivity contribution in [2.75, 3.05) is 25.6 Å². The Hall–Kier alpha value is -3.06. The van der Waals surface area contributed by atoms with E-state index in [-0.39, 0.29) is 18.4 Å². The van der Waals surface area contributed by atoms with Crippen molar-refractivity contribution < 1.29 is 19.1 Å². The second-order valence-electron chi connectivity index (χ2n) is 6.74. The number of hydrogen-bond donors (Lipinski definition) is 3. The normalized spacial score (nSPS) is 10.9. The first-order valence-corrected chi connectivity index (χ1v) is 9.64. The quantitative estimate of drug-likeness (QED) is 0.570. The Labute approximate surface area is 171 Å². The van der Waals surface area contributed by atoms with E-state index in [0.717, 1.165) is 12.8 Å². The molecular formula is C22H29N3O4. The highest BCUT2D eigenvalue weighted by atomic mass is 16.5. The summed E-state index contributed by atoms with van der Waals surface area (Å²) in [6, 6.07) is 13.7. The molecule has 7 nitrogen and oxygen atoms in total. The van der Waals surface area contributed by atoms with Gasteiger partial charge in [0, 0.05) is 23.9 Å². The van der Waals surface area contributed by atoms with Crippen LogP contribution in [0.1, 0.15) is 37.0 Å². The van der Waals surface area contributed by atoms with Crippen molar-refractivity contribution in [3.8, 4) is 11.5 Å². The second-order valence-corrected chi connectivity index (χ2v) is 6.74. The molecule has 0 unspecified atom stereocenters. The minimum Gasteiger partial charge on any atom is -0.497 e. The van der Waals surface area contributed by atoms with E-state index in [2.05, 4.69) is 10.6 Å². The van der Waals surface area contributed by atoms with Gasteiger partial charge in [-0.1, -0.05) is 19.9 Å². The molecule has 0 spiro atoms. The number of rotatable bonds is 10. The van der Waals surface area contributed by atoms with Gasteiger partial charge in [-0.05, 0) is 49.2 Å². The Morgan fingerprint density at radius 1 is 1.03 bits per heavy atom. The van der Waals surface area contributed by atoms with Crippen molar-refractivity contribution in [1.82, 2.24) is 5.32 Å². The van der Waals surface area contributed by atoms with Gasteiger partial charge in [0.25, 0.3) is 11.8 Å². The van der Waals surface area contributed by atoms with Crippen molar-refractivity contribution >= 4 is 17.5 Å². The largest absolute Gasteiger partial charge is 0.497 e. The standard InChI is InChI=1S/C22H29N3O4/c1-4-22(5-2,15-23)25-21(27)16-9-11-18(12-10-16)29-14-20(26)24-17-7-6-8-19(13-17)28-3/h6-13H,4-5,14-15,23H2,1-3H3,(H,24,26)(H,25,27). The first kappa shape index (κ1) is 22.2. The van der Waals surface area contributed by atoms with Crippen molar-refractivity contribution in [3.63, 3.8) is 0 Å². The maximum Gasteiger partial charge on any atom is 0.262 e. The van der Waals surface area contributed by atoms with E-state index >= 15 is 0 Å². The Morgan fingerprint density at radius 3 is 2.31 bits per heavy atom. The fraction of sp³-hybridized carbons (Fsp3) is 0.364. The SMILES string of the molecule is CCC(CC)(CN)NC(=O)c1ccc(OCC(=O)Nc2cccc(OC)c2)cc1. The summed E-state index contributed by atoms with van der Waals surface area (Å²) in [7, 11) is 1.56. The van der Waals surface area contributed by atoms with Gasteiger partial charge in [-0.2, -0.15) is 0 Å². The third-order valence-electron chi connectivity index (χ3n) is 4.96. The molecule has 2 amide bonds. The highest BCUT2D eigenvalue weighted by Gasteiger charge is 2.26. The van der Waals surface area contributed by atoms with Gasteiger partial charge >= 0.3 is 0 Å². The third kappa shape index (κ3) is 6.22. The van der Waals surface area contributed by atoms with E-state index in [9.17, 15) is 9.59 Å². The first-order valence-electron chi connectivity index (χ1n) is 9.64. The van der Waals surface area contributed by atoms with Gasteiger partial charge in [-0.25, -0.2) is 0 Å². The maximum atomic E-state index is 12.5. The van der Waals surface area contributed by atoms with Gasteiger partial charge < -0.3 is 25.8 Å². The van der Waals surface area contributed by atoms with Crippen LogP contribution in [0.3, 0.4) is 0 Å². The van der Waals surface area contributed by atoms with E-state index in [1.165, 1.54) is 0 Å². The van der Waals surface area contributed by atoms with Crippen LogP contribution in [0.2, 0.25) is 0 Å². The molecule has 7 heteroatoms. The molecule has 156 valence electrons. The topological polar surface area (TPSA) is 103 Å². The van der Waals surface area contributed by atoms with Gasteiger partial charge in [-0.15, -0.1) is 0 Å². The molecular weight excluding hydrogens is 370 g/mol. The van der Waals surface area contributed by atoms with Crippen LogP contribution < -0.4 is 25.8 Å². The lowest BCUT2D eigenvalue weighted by Crippen LogP contribution is -2.52. The summed E-state index contributed by atoms with van der Waals surface area (Å²) in [6.45, 7) is 4.24. The maximum absolute atomic E-state index is 12.5. The number of carbonyl (C=O) groups is 2. The Morgan fingerprint density at radius 2 is 1.72 bits per heavy atom. The molecule has 2 aromatic rings. The minimum absolute atomic E-state index is 0.148. The van der Waals surface area contributed by atoms with Crippen molar-refractivity contribution in [2.24, 2.45) is 5.73 Å². The van der Waals surface area contributed by atoms with Gasteiger partial charge in [0.15, 0.2) is 6.61 Å². The highest BCUT2D eigenvalue weighted by Crippen LogP contribution is 2.18. The number of hydrogen-bond acceptors (Lipinski definition) is 5. The van der Waals surface area contributed by atoms with Gasteiger partial charge in [0.05, 0.1) is 12.6 Å². The average Bonchev–Trinajstić information content (AvgIpc) is 2.76. The summed E-state index contributed by atoms with van der Waals surface area (Å²) in [5, 5.41) is 5.76. The van der Waals surface area contributed by atoms with Gasteiger partial charge in [0.2, 0.25) is 0 Å². The fourth-order valence-electron chi connectivity index (χ4n) is 2.83. The Balaban J connectivity index is 1.90. The first-order chi connectivity index (χ1) is 13.9. The molecule has 0 aliphatic heterocycles. The molecule has 4 N–H and O–H groups in total. The third-order valence-corrected chi connectivity index (χ3v) is 4.96. The average molecular weight is 399 g/mol. The van der Waals surface area contributed by atoms with Crippen LogP contribution in [0.5, 0.6) is 11.5 Å². The molecule has 0 fully saturated rings. The van der Waals surface area contributed by atoms with Crippen LogP contribution in [0, 0.1) is 0 Å². The van der Waals surface area contributed by atoms with Crippen LogP contribution >= 0.6 is 0 Å². The molecule has 0 radical (unpaired) electrons. The smallest absolute Gasteiger partial charge is 0.262 e. The summed E-state index contributed by atoms with van der Waals surface area (Å²) < 4.78 is 10.6. The van der Waals surface area contributed by atoms with Gasteiger partial charge in [0.1, 0.15) is 11.5 Å². The molecule has 0 aromatic heterocycles. The zero-order valence-corrected chi connectivity index (χ0v) is 17.2. The lowest BCUT2D eigenvalue weighted by molar-refractivity contribution is -0.118. The zero-order valence-electron chi connectivity index (χ0n) is 17.2. The predicted octanol–water partition coefficient (Wildman–Crippen LogP) is 2.96. The van der Waals surface area contributed by atoms with Crippen LogP contribution in [0.25, 0.3) is 0 Å². The molecule has 0 saturated carbocycles. The monoisotopic (exact) mass is 399 g/mol. The lowest BCUT2D eigenvalue weighted by Gasteiger charge is -2.31. The minimum atomic E-state index is -0.398. The summed E-state index contributed by atoms with van der Waals surface area (Å²) in [5.41, 5.74) is 6.58. The van der Waals surface area contributed by atoms with E-state index in [1.807, 2.05) is 13.8 Å². The summed E-state index contributed by atoms with van der Waals surface area (Å²) in [5.74, 6) is 0.681. The molecule has 0 bridgehead atoms. The van der Waals surface area contributed by atoms with Crippen LogP contribution in [-0.2, 0) is 4.79 Å². The van der Waals surface area contributed by atoms with Crippen LogP contribution in [-0.4, -0.2) is 37.6 Å². The Bertz CT molecular complexity index is 809. The molecule has 2 aromatic carbocycles. The fourth-order valence-corrected chi connectivity index (χ4v) is 2.83. The number of nitrogens with one attached hydrogen (secondary N) is 2. The highest BCUT2D eigenvalue weighted by molar-refractivity contribution is 5.95. The summed E-state index contributed by atoms with van der Waals surface area (Å²) in [6.07, 6.45) is 1.52. The number of anilines is 1. The van der Waals surface area contributed by atoms with E-state index < -0.39 is 5.54 Å². The molecule has 2 rings (SSSR count). The van der Waals surface area contributed by atoms with E-state index in [0.29, 0.717) is 29.3 Å². The van der Waals surface area contributed by atoms with Crippen molar-refractivity contribution in [1.29, 1.82) is 0 Å². The second kappa shape index (κ2) is 10.5. The number of methoxy groups -OCH3 is 1. The number of nitrogens with two attached hydrogens (primary N) is 1. The molecule has 0 heterocycles. The van der Waals surface area contributed by atoms with Gasteiger partial charge in [-0.3, -0.25) is 9.59 Å². The number of carbonyl (C=O) groups excluding carboxylic acids is 2. The number of benzene rings is 2. The lowest BCUT2D eigenvalue weighted by atomic mass is 9.92. The summed E-state index contributed by atoms with van der Waals surface area (Å²) in [4.78, 5) is 24.6. The summed E-state index contributed by atoms with van der Waals surface area (Å²) >= 11 is 0. The number of amides is 2. The van der Waals surface area contributed by atoms with Crippen LogP contribution in [0.15, 0.2) is 48.5 Å². The predicted molar refractivity (Wildman–Crippen MR) is 113 cm³/mol. The van der Waals surface area contributed by atoms with Crippen molar-refractivity contribution in [2.45, 2.75) is 32.2 Å². The molecule has 0 saturated heterocycles. The molecule has 0 aliphatic carbocycles. The molecule has 0 atom stereocenters. The van der Waals surface area contributed by atoms with Crippen LogP contribution in [0.4, 0.5) is 5.69 Å². The number of ether oxygens (including phenoxy) is 2. The molecule has 0 aliphatic rings. The Kier molecular flexibility index (Phi) is 8.03.